The normalized spacial score (nSPS) is 17.4. The highest BCUT2D eigenvalue weighted by molar-refractivity contribution is 6.04. The Morgan fingerprint density at radius 2 is 1.61 bits per heavy atom. The van der Waals surface area contributed by atoms with E-state index in [0.717, 1.165) is 0 Å². The van der Waals surface area contributed by atoms with Gasteiger partial charge in [-0.3, -0.25) is 9.59 Å². The number of phenolic OH excluding ortho intramolecular Hbond substituents is 1. The van der Waals surface area contributed by atoms with Crippen LogP contribution in [-0.4, -0.2) is 51.9 Å². The van der Waals surface area contributed by atoms with E-state index in [-0.39, 0.29) is 30.0 Å². The Labute approximate surface area is 193 Å². The highest BCUT2D eigenvalue weighted by atomic mass is 16.5. The molecule has 0 aliphatic carbocycles. The van der Waals surface area contributed by atoms with E-state index in [1.807, 2.05) is 0 Å². The lowest BCUT2D eigenvalue weighted by molar-refractivity contribution is -0.131. The van der Waals surface area contributed by atoms with Crippen molar-refractivity contribution >= 4 is 17.5 Å². The van der Waals surface area contributed by atoms with Gasteiger partial charge in [-0.15, -0.1) is 0 Å². The van der Waals surface area contributed by atoms with E-state index in [4.69, 9.17) is 18.9 Å². The first-order chi connectivity index (χ1) is 15.8. The minimum atomic E-state index is -0.514. The van der Waals surface area contributed by atoms with Gasteiger partial charge in [-0.2, -0.15) is 0 Å². The Hall–Kier alpha value is -3.62. The van der Waals surface area contributed by atoms with Crippen LogP contribution in [-0.2, 0) is 9.59 Å². The number of carbonyl (C=O) groups excluding carboxylic acids is 2. The fourth-order valence-electron chi connectivity index (χ4n) is 3.93. The molecule has 0 aromatic heterocycles. The molecule has 3 rings (SSSR count). The first-order valence-electron chi connectivity index (χ1n) is 10.5. The number of benzene rings is 2. The maximum Gasteiger partial charge on any atom is 0.234 e. The molecule has 1 saturated heterocycles. The maximum atomic E-state index is 13.3. The van der Waals surface area contributed by atoms with Gasteiger partial charge in [-0.05, 0) is 17.7 Å². The van der Waals surface area contributed by atoms with E-state index < -0.39 is 12.0 Å². The zero-order valence-electron chi connectivity index (χ0n) is 19.7. The minimum Gasteiger partial charge on any atom is -0.504 e. The molecule has 9 nitrogen and oxygen atoms in total. The van der Waals surface area contributed by atoms with Gasteiger partial charge in [0.25, 0.3) is 0 Å². The number of carbonyl (C=O) groups is 2. The molecule has 2 aromatic rings. The number of anilines is 1. The Kier molecular flexibility index (Phi) is 7.20. The van der Waals surface area contributed by atoms with Crippen LogP contribution in [0.1, 0.15) is 25.5 Å². The van der Waals surface area contributed by atoms with Gasteiger partial charge in [0.1, 0.15) is 0 Å². The molecule has 0 bridgehead atoms. The van der Waals surface area contributed by atoms with Crippen molar-refractivity contribution in [3.8, 4) is 28.7 Å². The van der Waals surface area contributed by atoms with Gasteiger partial charge < -0.3 is 34.3 Å². The number of β-lactam (4-membered cyclic amide) rings is 1. The van der Waals surface area contributed by atoms with Crippen molar-refractivity contribution in [1.82, 2.24) is 5.32 Å². The summed E-state index contributed by atoms with van der Waals surface area (Å²) in [4.78, 5) is 27.0. The summed E-state index contributed by atoms with van der Waals surface area (Å²) in [5, 5.41) is 13.2. The number of phenols is 1. The standard InChI is InChI=1S/C24H30N2O7/c1-13(2)23(28)25-12-16-21(14-7-8-18(30-3)17(27)9-14)26(24(16)29)15-10-19(31-4)22(33-6)20(11-15)32-5/h7-11,13,16,21,27H,12H2,1-6H3,(H,25,28)/t16-,21-/m0/s1. The van der Waals surface area contributed by atoms with Crippen molar-refractivity contribution in [2.24, 2.45) is 11.8 Å². The molecule has 1 aliphatic rings. The SMILES string of the molecule is COc1ccc([C@H]2[C@H](CNC(=O)C(C)C)C(=O)N2c2cc(OC)c(OC)c(OC)c2)cc1O. The molecule has 0 radical (unpaired) electrons. The lowest BCUT2D eigenvalue weighted by Gasteiger charge is -2.47. The molecule has 9 heteroatoms. The van der Waals surface area contributed by atoms with Gasteiger partial charge in [-0.1, -0.05) is 19.9 Å². The third-order valence-corrected chi connectivity index (χ3v) is 5.71. The second kappa shape index (κ2) is 9.89. The number of methoxy groups -OCH3 is 4. The van der Waals surface area contributed by atoms with Crippen molar-refractivity contribution in [2.45, 2.75) is 19.9 Å². The number of aromatic hydroxyl groups is 1. The molecule has 0 spiro atoms. The molecule has 2 amide bonds. The molecular weight excluding hydrogens is 428 g/mol. The molecule has 33 heavy (non-hydrogen) atoms. The van der Waals surface area contributed by atoms with Crippen molar-refractivity contribution in [1.29, 1.82) is 0 Å². The molecule has 2 N–H and O–H groups in total. The highest BCUT2D eigenvalue weighted by Crippen LogP contribution is 2.49. The summed E-state index contributed by atoms with van der Waals surface area (Å²) < 4.78 is 21.4. The summed E-state index contributed by atoms with van der Waals surface area (Å²) in [6.07, 6.45) is 0. The van der Waals surface area contributed by atoms with Gasteiger partial charge in [0.15, 0.2) is 23.0 Å². The third kappa shape index (κ3) is 4.48. The van der Waals surface area contributed by atoms with Crippen LogP contribution in [0, 0.1) is 11.8 Å². The van der Waals surface area contributed by atoms with Crippen molar-refractivity contribution in [3.05, 3.63) is 35.9 Å². The average molecular weight is 459 g/mol. The van der Waals surface area contributed by atoms with Crippen molar-refractivity contribution in [3.63, 3.8) is 0 Å². The number of nitrogens with one attached hydrogen (secondary N) is 1. The van der Waals surface area contributed by atoms with Crippen LogP contribution in [0.4, 0.5) is 5.69 Å². The predicted molar refractivity (Wildman–Crippen MR) is 122 cm³/mol. The Morgan fingerprint density at radius 3 is 2.09 bits per heavy atom. The van der Waals surface area contributed by atoms with Crippen LogP contribution in [0.25, 0.3) is 0 Å². The second-order valence-corrected chi connectivity index (χ2v) is 7.97. The summed E-state index contributed by atoms with van der Waals surface area (Å²) in [7, 11) is 5.98. The molecule has 2 atom stereocenters. The summed E-state index contributed by atoms with van der Waals surface area (Å²) in [6, 6.07) is 7.95. The summed E-state index contributed by atoms with van der Waals surface area (Å²) in [5.74, 6) is 0.502. The summed E-state index contributed by atoms with van der Waals surface area (Å²) in [6.45, 7) is 3.76. The molecule has 1 fully saturated rings. The predicted octanol–water partition coefficient (Wildman–Crippen LogP) is 2.90. The van der Waals surface area contributed by atoms with Crippen LogP contribution in [0.5, 0.6) is 28.7 Å². The number of rotatable bonds is 9. The van der Waals surface area contributed by atoms with Crippen LogP contribution < -0.4 is 29.2 Å². The van der Waals surface area contributed by atoms with Crippen LogP contribution in [0.15, 0.2) is 30.3 Å². The van der Waals surface area contributed by atoms with E-state index in [1.54, 1.807) is 49.1 Å². The molecular formula is C24H30N2O7. The maximum absolute atomic E-state index is 13.3. The Balaban J connectivity index is 2.03. The fourth-order valence-corrected chi connectivity index (χ4v) is 3.93. The smallest absolute Gasteiger partial charge is 0.234 e. The number of hydrogen-bond donors (Lipinski definition) is 2. The molecule has 178 valence electrons. The van der Waals surface area contributed by atoms with E-state index in [9.17, 15) is 14.7 Å². The van der Waals surface area contributed by atoms with Gasteiger partial charge in [-0.25, -0.2) is 0 Å². The molecule has 2 aromatic carbocycles. The quantitative estimate of drug-likeness (QED) is 0.557. The first kappa shape index (κ1) is 24.0. The molecule has 0 saturated carbocycles. The number of hydrogen-bond acceptors (Lipinski definition) is 7. The van der Waals surface area contributed by atoms with Crippen molar-refractivity contribution in [2.75, 3.05) is 39.9 Å². The third-order valence-electron chi connectivity index (χ3n) is 5.71. The van der Waals surface area contributed by atoms with E-state index >= 15 is 0 Å². The number of amides is 2. The minimum absolute atomic E-state index is 0.0378. The van der Waals surface area contributed by atoms with Crippen LogP contribution >= 0.6 is 0 Å². The Bertz CT molecular complexity index is 1010. The van der Waals surface area contributed by atoms with E-state index in [2.05, 4.69) is 5.32 Å². The lowest BCUT2D eigenvalue weighted by atomic mass is 9.81. The number of nitrogens with zero attached hydrogens (tertiary/aromatic N) is 1. The zero-order valence-corrected chi connectivity index (χ0v) is 19.7. The zero-order chi connectivity index (χ0) is 24.3. The van der Waals surface area contributed by atoms with Gasteiger partial charge >= 0.3 is 0 Å². The lowest BCUT2D eigenvalue weighted by Crippen LogP contribution is -2.59. The van der Waals surface area contributed by atoms with Crippen LogP contribution in [0.2, 0.25) is 0 Å². The van der Waals surface area contributed by atoms with Gasteiger partial charge in [0, 0.05) is 24.6 Å². The Morgan fingerprint density at radius 1 is 1.00 bits per heavy atom. The second-order valence-electron chi connectivity index (χ2n) is 7.97. The summed E-state index contributed by atoms with van der Waals surface area (Å²) in [5.41, 5.74) is 1.24. The largest absolute Gasteiger partial charge is 0.504 e. The van der Waals surface area contributed by atoms with Gasteiger partial charge in [0.05, 0.1) is 46.1 Å². The highest BCUT2D eigenvalue weighted by Gasteiger charge is 2.49. The fraction of sp³-hybridized carbons (Fsp3) is 0.417. The number of ether oxygens (including phenoxy) is 4. The molecule has 1 aliphatic heterocycles. The molecule has 1 heterocycles. The average Bonchev–Trinajstić information content (AvgIpc) is 2.81. The monoisotopic (exact) mass is 458 g/mol. The first-order valence-corrected chi connectivity index (χ1v) is 10.5. The van der Waals surface area contributed by atoms with Crippen LogP contribution in [0.3, 0.4) is 0 Å². The molecule has 0 unspecified atom stereocenters. The van der Waals surface area contributed by atoms with E-state index in [0.29, 0.717) is 34.2 Å². The summed E-state index contributed by atoms with van der Waals surface area (Å²) >= 11 is 0. The van der Waals surface area contributed by atoms with Gasteiger partial charge in [0.2, 0.25) is 17.6 Å². The topological polar surface area (TPSA) is 107 Å². The van der Waals surface area contributed by atoms with E-state index in [1.165, 1.54) is 28.4 Å². The van der Waals surface area contributed by atoms with Crippen molar-refractivity contribution < 1.29 is 33.6 Å².